The van der Waals surface area contributed by atoms with E-state index in [-0.39, 0.29) is 29.0 Å². The van der Waals surface area contributed by atoms with Crippen LogP contribution in [0, 0.1) is 15.9 Å². The van der Waals surface area contributed by atoms with Gasteiger partial charge in [-0.1, -0.05) is 18.2 Å². The normalized spacial score (nSPS) is 12.8. The molecule has 0 aliphatic heterocycles. The number of nitro benzene ring substituents is 1. The fourth-order valence-electron chi connectivity index (χ4n) is 2.64. The highest BCUT2D eigenvalue weighted by Crippen LogP contribution is 2.32. The number of nitrogens with one attached hydrogen (secondary N) is 1. The van der Waals surface area contributed by atoms with Crippen LogP contribution in [0.3, 0.4) is 0 Å². The lowest BCUT2D eigenvalue weighted by Gasteiger charge is -2.25. The number of halogens is 1. The van der Waals surface area contributed by atoms with Gasteiger partial charge in [0.15, 0.2) is 9.84 Å². The second-order valence-corrected chi connectivity index (χ2v) is 8.08. The van der Waals surface area contributed by atoms with Crippen molar-refractivity contribution >= 4 is 21.2 Å². The number of nitro groups is 1. The second kappa shape index (κ2) is 7.79. The van der Waals surface area contributed by atoms with Gasteiger partial charge >= 0.3 is 5.69 Å². The second-order valence-electron chi connectivity index (χ2n) is 6.09. The van der Waals surface area contributed by atoms with Gasteiger partial charge in [-0.3, -0.25) is 10.1 Å². The van der Waals surface area contributed by atoms with E-state index >= 15 is 0 Å². The number of anilines is 1. The number of benzene rings is 2. The number of rotatable bonds is 7. The Bertz CT molecular complexity index is 899. The van der Waals surface area contributed by atoms with Crippen LogP contribution in [0.4, 0.5) is 15.8 Å². The van der Waals surface area contributed by atoms with Crippen LogP contribution in [0.25, 0.3) is 0 Å². The highest BCUT2D eigenvalue weighted by Gasteiger charge is 2.26. The van der Waals surface area contributed by atoms with Crippen LogP contribution in [-0.2, 0) is 9.84 Å². The number of para-hydroxylation sites is 1. The van der Waals surface area contributed by atoms with E-state index in [9.17, 15) is 22.9 Å². The predicted molar refractivity (Wildman–Crippen MR) is 97.5 cm³/mol. The van der Waals surface area contributed by atoms with Gasteiger partial charge in [-0.15, -0.1) is 0 Å². The third-order valence-electron chi connectivity index (χ3n) is 3.95. The maximum atomic E-state index is 13.1. The number of likely N-dealkylation sites (N-methyl/N-ethyl adjacent to an activating group) is 1. The van der Waals surface area contributed by atoms with Gasteiger partial charge in [0.05, 0.1) is 11.0 Å². The molecule has 0 aromatic heterocycles. The Morgan fingerprint density at radius 1 is 1.19 bits per heavy atom. The van der Waals surface area contributed by atoms with Crippen LogP contribution < -0.4 is 5.32 Å². The van der Waals surface area contributed by atoms with Gasteiger partial charge in [0.1, 0.15) is 16.4 Å². The molecule has 2 aromatic rings. The molecule has 2 aromatic carbocycles. The van der Waals surface area contributed by atoms with Crippen LogP contribution >= 0.6 is 0 Å². The Morgan fingerprint density at radius 3 is 2.31 bits per heavy atom. The van der Waals surface area contributed by atoms with Crippen molar-refractivity contribution in [2.24, 2.45) is 0 Å². The molecule has 0 saturated carbocycles. The highest BCUT2D eigenvalue weighted by molar-refractivity contribution is 7.90. The Morgan fingerprint density at radius 2 is 1.81 bits per heavy atom. The minimum atomic E-state index is -3.75. The molecule has 0 bridgehead atoms. The average molecular weight is 381 g/mol. The zero-order valence-electron chi connectivity index (χ0n) is 14.6. The summed E-state index contributed by atoms with van der Waals surface area (Å²) in [6.45, 7) is 0.271. The molecule has 0 heterocycles. The van der Waals surface area contributed by atoms with Gasteiger partial charge in [0.2, 0.25) is 0 Å². The summed E-state index contributed by atoms with van der Waals surface area (Å²) >= 11 is 0. The first-order valence-electron chi connectivity index (χ1n) is 7.74. The number of hydrogen-bond donors (Lipinski definition) is 1. The van der Waals surface area contributed by atoms with Crippen LogP contribution in [0.15, 0.2) is 47.4 Å². The molecule has 9 heteroatoms. The topological polar surface area (TPSA) is 92.6 Å². The van der Waals surface area contributed by atoms with Crippen molar-refractivity contribution in [3.8, 4) is 0 Å². The summed E-state index contributed by atoms with van der Waals surface area (Å²) in [6, 6.07) is 9.90. The summed E-state index contributed by atoms with van der Waals surface area (Å²) in [7, 11) is -0.0858. The van der Waals surface area contributed by atoms with Crippen LogP contribution in [0.5, 0.6) is 0 Å². The predicted octanol–water partition coefficient (Wildman–Crippen LogP) is 2.85. The van der Waals surface area contributed by atoms with Crippen molar-refractivity contribution in [1.82, 2.24) is 4.90 Å². The highest BCUT2D eigenvalue weighted by atomic mass is 32.2. The van der Waals surface area contributed by atoms with E-state index in [0.29, 0.717) is 0 Å². The molecule has 1 atom stereocenters. The Balaban J connectivity index is 2.35. The van der Waals surface area contributed by atoms with E-state index in [1.807, 2.05) is 19.0 Å². The van der Waals surface area contributed by atoms with Gasteiger partial charge in [0.25, 0.3) is 0 Å². The maximum Gasteiger partial charge on any atom is 0.310 e. The molecule has 1 N–H and O–H groups in total. The summed E-state index contributed by atoms with van der Waals surface area (Å²) in [4.78, 5) is 12.3. The van der Waals surface area contributed by atoms with Gasteiger partial charge in [-0.05, 0) is 43.9 Å². The molecule has 0 amide bonds. The van der Waals surface area contributed by atoms with E-state index in [4.69, 9.17) is 0 Å². The van der Waals surface area contributed by atoms with Crippen molar-refractivity contribution < 1.29 is 17.7 Å². The molecular formula is C17H20FN3O4S. The van der Waals surface area contributed by atoms with E-state index < -0.39 is 20.4 Å². The van der Waals surface area contributed by atoms with Crippen molar-refractivity contribution in [1.29, 1.82) is 0 Å². The number of sulfone groups is 1. The third-order valence-corrected chi connectivity index (χ3v) is 5.07. The fourth-order valence-corrected chi connectivity index (χ4v) is 3.50. The van der Waals surface area contributed by atoms with Gasteiger partial charge in [-0.2, -0.15) is 0 Å². The van der Waals surface area contributed by atoms with Crippen LogP contribution in [0.1, 0.15) is 11.6 Å². The molecule has 0 aliphatic rings. The molecule has 2 rings (SSSR count). The SMILES string of the molecule is CN(C)C(CNc1cccc(S(C)(=O)=O)c1[N+](=O)[O-])c1ccc(F)cc1. The largest absolute Gasteiger partial charge is 0.378 e. The van der Waals surface area contributed by atoms with Crippen LogP contribution in [-0.4, -0.2) is 45.1 Å². The van der Waals surface area contributed by atoms with Gasteiger partial charge in [0, 0.05) is 12.8 Å². The quantitative estimate of drug-likeness (QED) is 0.586. The lowest BCUT2D eigenvalue weighted by molar-refractivity contribution is -0.386. The van der Waals surface area contributed by atoms with Crippen molar-refractivity contribution in [3.63, 3.8) is 0 Å². The Labute approximate surface area is 151 Å². The Kier molecular flexibility index (Phi) is 5.94. The first kappa shape index (κ1) is 19.8. The van der Waals surface area contributed by atoms with Crippen molar-refractivity contribution in [3.05, 3.63) is 64.0 Å². The van der Waals surface area contributed by atoms with Crippen LogP contribution in [0.2, 0.25) is 0 Å². The van der Waals surface area contributed by atoms with Gasteiger partial charge in [-0.25, -0.2) is 12.8 Å². The van der Waals surface area contributed by atoms with Crippen molar-refractivity contribution in [2.45, 2.75) is 10.9 Å². The molecule has 1 unspecified atom stereocenters. The molecular weight excluding hydrogens is 361 g/mol. The molecule has 7 nitrogen and oxygen atoms in total. The average Bonchev–Trinajstić information content (AvgIpc) is 2.55. The van der Waals surface area contributed by atoms with E-state index in [2.05, 4.69) is 5.32 Å². The summed E-state index contributed by atoms with van der Waals surface area (Å²) in [5.41, 5.74) is 0.462. The first-order valence-corrected chi connectivity index (χ1v) is 9.63. The molecule has 0 aliphatic carbocycles. The Hall–Kier alpha value is -2.52. The molecule has 26 heavy (non-hydrogen) atoms. The summed E-state index contributed by atoms with van der Waals surface area (Å²) in [5.74, 6) is -0.351. The lowest BCUT2D eigenvalue weighted by Crippen LogP contribution is -2.27. The lowest BCUT2D eigenvalue weighted by atomic mass is 10.1. The fraction of sp³-hybridized carbons (Fsp3) is 0.294. The maximum absolute atomic E-state index is 13.1. The summed E-state index contributed by atoms with van der Waals surface area (Å²) in [6.07, 6.45) is 0.931. The molecule has 0 spiro atoms. The van der Waals surface area contributed by atoms with E-state index in [0.717, 1.165) is 11.8 Å². The van der Waals surface area contributed by atoms with E-state index in [1.165, 1.54) is 30.3 Å². The first-order chi connectivity index (χ1) is 12.1. The minimum Gasteiger partial charge on any atom is -0.378 e. The standard InChI is InChI=1S/C17H20FN3O4S/c1-20(2)15(12-7-9-13(18)10-8-12)11-19-14-5-4-6-16(26(3,24)25)17(14)21(22)23/h4-10,15,19H,11H2,1-3H3. The van der Waals surface area contributed by atoms with Crippen molar-refractivity contribution in [2.75, 3.05) is 32.2 Å². The smallest absolute Gasteiger partial charge is 0.310 e. The molecule has 0 saturated heterocycles. The molecule has 140 valence electrons. The van der Waals surface area contributed by atoms with E-state index in [1.54, 1.807) is 12.1 Å². The number of nitrogens with zero attached hydrogens (tertiary/aromatic N) is 2. The molecule has 0 fully saturated rings. The third kappa shape index (κ3) is 4.55. The minimum absolute atomic E-state index is 0.117. The summed E-state index contributed by atoms with van der Waals surface area (Å²) < 4.78 is 36.8. The zero-order chi connectivity index (χ0) is 19.5. The summed E-state index contributed by atoms with van der Waals surface area (Å²) in [5, 5.41) is 14.4. The van der Waals surface area contributed by atoms with Gasteiger partial charge < -0.3 is 10.2 Å². The monoisotopic (exact) mass is 381 g/mol. The number of hydrogen-bond acceptors (Lipinski definition) is 6. The molecule has 0 radical (unpaired) electrons. The zero-order valence-corrected chi connectivity index (χ0v) is 15.5.